The van der Waals surface area contributed by atoms with Gasteiger partial charge >= 0.3 is 0 Å². The highest BCUT2D eigenvalue weighted by Crippen LogP contribution is 2.21. The van der Waals surface area contributed by atoms with Crippen molar-refractivity contribution in [3.63, 3.8) is 0 Å². The quantitative estimate of drug-likeness (QED) is 0.642. The lowest BCUT2D eigenvalue weighted by atomic mass is 10.2. The van der Waals surface area contributed by atoms with E-state index in [1.165, 1.54) is 0 Å². The fourth-order valence-corrected chi connectivity index (χ4v) is 2.68. The van der Waals surface area contributed by atoms with E-state index in [1.807, 2.05) is 37.3 Å². The zero-order valence-electron chi connectivity index (χ0n) is 14.5. The van der Waals surface area contributed by atoms with Crippen LogP contribution >= 0.6 is 0 Å². The Bertz CT molecular complexity index is 868. The summed E-state index contributed by atoms with van der Waals surface area (Å²) in [6, 6.07) is 9.75. The maximum absolute atomic E-state index is 12.3. The molecule has 0 bridgehead atoms. The van der Waals surface area contributed by atoms with E-state index in [9.17, 15) is 4.79 Å². The molecule has 0 atom stereocenters. The lowest BCUT2D eigenvalue weighted by Gasteiger charge is -2.07. The van der Waals surface area contributed by atoms with E-state index < -0.39 is 0 Å². The molecule has 2 heterocycles. The van der Waals surface area contributed by atoms with Gasteiger partial charge in [0.05, 0.1) is 16.9 Å². The fourth-order valence-electron chi connectivity index (χ4n) is 2.68. The van der Waals surface area contributed by atoms with E-state index in [0.29, 0.717) is 17.9 Å². The van der Waals surface area contributed by atoms with Crippen LogP contribution in [0.1, 0.15) is 29.5 Å². The number of hydrogen-bond acceptors (Lipinski definition) is 5. The molecule has 0 aliphatic carbocycles. The first-order valence-electron chi connectivity index (χ1n) is 8.47. The van der Waals surface area contributed by atoms with Crippen molar-refractivity contribution in [2.45, 2.75) is 20.3 Å². The first kappa shape index (κ1) is 17.0. The molecule has 1 aromatic carbocycles. The number of amides is 1. The van der Waals surface area contributed by atoms with E-state index in [0.717, 1.165) is 36.1 Å². The monoisotopic (exact) mass is 338 g/mol. The van der Waals surface area contributed by atoms with Gasteiger partial charge in [0, 0.05) is 24.7 Å². The largest absolute Gasteiger partial charge is 0.349 e. The minimum absolute atomic E-state index is 0.213. The molecule has 0 saturated carbocycles. The summed E-state index contributed by atoms with van der Waals surface area (Å²) >= 11 is 0. The van der Waals surface area contributed by atoms with Gasteiger partial charge in [-0.2, -0.15) is 0 Å². The second-order valence-corrected chi connectivity index (χ2v) is 5.79. The van der Waals surface area contributed by atoms with Crippen LogP contribution in [0.15, 0.2) is 36.5 Å². The Morgan fingerprint density at radius 3 is 2.84 bits per heavy atom. The standard InChI is InChI=1S/C18H22N6O/c1-3-9-19-11-12-21-18(25)16-13(2)24(23-22-16)15-8-4-6-14-7-5-10-20-17(14)15/h4-8,10,19H,3,9,11-12H2,1-2H3,(H,21,25). The molecule has 25 heavy (non-hydrogen) atoms. The van der Waals surface area contributed by atoms with E-state index in [2.05, 4.69) is 32.9 Å². The first-order chi connectivity index (χ1) is 12.2. The van der Waals surface area contributed by atoms with Gasteiger partial charge in [0.2, 0.25) is 0 Å². The molecule has 7 nitrogen and oxygen atoms in total. The van der Waals surface area contributed by atoms with Crippen LogP contribution in [0.3, 0.4) is 0 Å². The van der Waals surface area contributed by atoms with Crippen LogP contribution in [0, 0.1) is 6.92 Å². The second kappa shape index (κ2) is 7.85. The molecule has 0 saturated heterocycles. The second-order valence-electron chi connectivity index (χ2n) is 5.79. The predicted molar refractivity (Wildman–Crippen MR) is 96.9 cm³/mol. The maximum atomic E-state index is 12.3. The Morgan fingerprint density at radius 1 is 1.16 bits per heavy atom. The zero-order valence-corrected chi connectivity index (χ0v) is 14.5. The fraction of sp³-hybridized carbons (Fsp3) is 0.333. The zero-order chi connectivity index (χ0) is 17.6. The van der Waals surface area contributed by atoms with Crippen molar-refractivity contribution < 1.29 is 4.79 Å². The molecule has 0 radical (unpaired) electrons. The van der Waals surface area contributed by atoms with E-state index >= 15 is 0 Å². The molecule has 130 valence electrons. The van der Waals surface area contributed by atoms with E-state index in [4.69, 9.17) is 0 Å². The van der Waals surface area contributed by atoms with Gasteiger partial charge in [0.1, 0.15) is 0 Å². The van der Waals surface area contributed by atoms with Crippen molar-refractivity contribution >= 4 is 16.8 Å². The number of carbonyl (C=O) groups is 1. The number of fused-ring (bicyclic) bond motifs is 1. The Hall–Kier alpha value is -2.80. The molecular formula is C18H22N6O. The average molecular weight is 338 g/mol. The highest BCUT2D eigenvalue weighted by molar-refractivity contribution is 5.93. The van der Waals surface area contributed by atoms with E-state index in [-0.39, 0.29) is 5.91 Å². The van der Waals surface area contributed by atoms with Crippen molar-refractivity contribution in [3.8, 4) is 5.69 Å². The van der Waals surface area contributed by atoms with Crippen LogP contribution in [0.25, 0.3) is 16.6 Å². The summed E-state index contributed by atoms with van der Waals surface area (Å²) in [6.07, 6.45) is 2.81. The number of aromatic nitrogens is 4. The number of para-hydroxylation sites is 1. The van der Waals surface area contributed by atoms with Crippen molar-refractivity contribution in [3.05, 3.63) is 47.9 Å². The third-order valence-electron chi connectivity index (χ3n) is 3.96. The lowest BCUT2D eigenvalue weighted by Crippen LogP contribution is -2.32. The first-order valence-corrected chi connectivity index (χ1v) is 8.47. The molecule has 0 fully saturated rings. The van der Waals surface area contributed by atoms with Crippen molar-refractivity contribution in [1.82, 2.24) is 30.6 Å². The molecule has 3 rings (SSSR count). The average Bonchev–Trinajstić information content (AvgIpc) is 3.02. The van der Waals surface area contributed by atoms with Gasteiger partial charge in [-0.05, 0) is 32.0 Å². The Morgan fingerprint density at radius 2 is 2.00 bits per heavy atom. The van der Waals surface area contributed by atoms with Crippen LogP contribution in [0.5, 0.6) is 0 Å². The van der Waals surface area contributed by atoms with Crippen LogP contribution in [-0.2, 0) is 0 Å². The third kappa shape index (κ3) is 3.66. The summed E-state index contributed by atoms with van der Waals surface area (Å²) in [5, 5.41) is 15.4. The summed E-state index contributed by atoms with van der Waals surface area (Å²) in [4.78, 5) is 16.8. The molecule has 0 unspecified atom stereocenters. The van der Waals surface area contributed by atoms with Gasteiger partial charge in [-0.15, -0.1) is 5.10 Å². The summed E-state index contributed by atoms with van der Waals surface area (Å²) in [6.45, 7) is 6.18. The van der Waals surface area contributed by atoms with Crippen LogP contribution < -0.4 is 10.6 Å². The third-order valence-corrected chi connectivity index (χ3v) is 3.96. The van der Waals surface area contributed by atoms with Crippen molar-refractivity contribution in [2.75, 3.05) is 19.6 Å². The number of carbonyl (C=O) groups excluding carboxylic acids is 1. The molecule has 2 aromatic heterocycles. The molecule has 1 amide bonds. The van der Waals surface area contributed by atoms with Gasteiger partial charge in [-0.25, -0.2) is 4.68 Å². The molecule has 0 aliphatic heterocycles. The number of nitrogens with zero attached hydrogens (tertiary/aromatic N) is 4. The molecule has 0 aliphatic rings. The van der Waals surface area contributed by atoms with Crippen LogP contribution in [-0.4, -0.2) is 45.5 Å². The number of benzene rings is 1. The Balaban J connectivity index is 1.80. The van der Waals surface area contributed by atoms with Crippen molar-refractivity contribution in [1.29, 1.82) is 0 Å². The van der Waals surface area contributed by atoms with Crippen LogP contribution in [0.2, 0.25) is 0 Å². The highest BCUT2D eigenvalue weighted by Gasteiger charge is 2.18. The minimum atomic E-state index is -0.213. The summed E-state index contributed by atoms with van der Waals surface area (Å²) in [5.41, 5.74) is 2.67. The van der Waals surface area contributed by atoms with Gasteiger partial charge in [0.15, 0.2) is 5.69 Å². The van der Waals surface area contributed by atoms with E-state index in [1.54, 1.807) is 10.9 Å². The smallest absolute Gasteiger partial charge is 0.273 e. The number of nitrogens with one attached hydrogen (secondary N) is 2. The maximum Gasteiger partial charge on any atom is 0.273 e. The summed E-state index contributed by atoms with van der Waals surface area (Å²) < 4.78 is 1.67. The lowest BCUT2D eigenvalue weighted by molar-refractivity contribution is 0.0948. The van der Waals surface area contributed by atoms with Gasteiger partial charge < -0.3 is 10.6 Å². The molecule has 7 heteroatoms. The van der Waals surface area contributed by atoms with Crippen molar-refractivity contribution in [2.24, 2.45) is 0 Å². The van der Waals surface area contributed by atoms with Gasteiger partial charge in [0.25, 0.3) is 5.91 Å². The van der Waals surface area contributed by atoms with Gasteiger partial charge in [-0.1, -0.05) is 30.3 Å². The number of rotatable bonds is 7. The Labute approximate surface area is 146 Å². The SMILES string of the molecule is CCCNCCNC(=O)c1nnn(-c2cccc3cccnc23)c1C. The number of pyridine rings is 1. The molecule has 0 spiro atoms. The minimum Gasteiger partial charge on any atom is -0.349 e. The summed E-state index contributed by atoms with van der Waals surface area (Å²) in [7, 11) is 0. The molecule has 3 aromatic rings. The van der Waals surface area contributed by atoms with Gasteiger partial charge in [-0.3, -0.25) is 9.78 Å². The molecular weight excluding hydrogens is 316 g/mol. The Kier molecular flexibility index (Phi) is 5.35. The highest BCUT2D eigenvalue weighted by atomic mass is 16.2. The topological polar surface area (TPSA) is 84.7 Å². The number of hydrogen-bond donors (Lipinski definition) is 2. The predicted octanol–water partition coefficient (Wildman–Crippen LogP) is 1.85. The summed E-state index contributed by atoms with van der Waals surface area (Å²) in [5.74, 6) is -0.213. The van der Waals surface area contributed by atoms with Crippen LogP contribution in [0.4, 0.5) is 0 Å². The molecule has 2 N–H and O–H groups in total. The normalized spacial score (nSPS) is 11.0.